The minimum absolute atomic E-state index is 0.102. The summed E-state index contributed by atoms with van der Waals surface area (Å²) in [6.45, 7) is 0.882. The molecular formula is C28H31F3N4O4. The lowest BCUT2D eigenvalue weighted by Gasteiger charge is -2.06. The molecule has 2 heterocycles. The van der Waals surface area contributed by atoms with Gasteiger partial charge >= 0.3 is 6.18 Å². The number of benzene rings is 2. The van der Waals surface area contributed by atoms with Crippen molar-refractivity contribution in [3.05, 3.63) is 95.0 Å². The maximum atomic E-state index is 12.6. The molecule has 0 aliphatic carbocycles. The number of aromatic nitrogens is 4. The Kier molecular flexibility index (Phi) is 11.3. The summed E-state index contributed by atoms with van der Waals surface area (Å²) in [6.07, 6.45) is 4.98. The third-order valence-electron chi connectivity index (χ3n) is 5.39. The van der Waals surface area contributed by atoms with E-state index in [2.05, 4.69) is 20.0 Å². The normalized spacial score (nSPS) is 11.4. The fourth-order valence-corrected chi connectivity index (χ4v) is 3.45. The van der Waals surface area contributed by atoms with Gasteiger partial charge in [0.15, 0.2) is 0 Å². The van der Waals surface area contributed by atoms with Crippen LogP contribution in [-0.4, -0.2) is 39.3 Å². The molecular weight excluding hydrogens is 513 g/mol. The van der Waals surface area contributed by atoms with Crippen LogP contribution in [0.2, 0.25) is 0 Å². The van der Waals surface area contributed by atoms with Crippen LogP contribution in [0.4, 0.5) is 13.2 Å². The van der Waals surface area contributed by atoms with Crippen LogP contribution >= 0.6 is 0 Å². The molecule has 2 aromatic carbocycles. The number of aryl methyl sites for hydroxylation is 2. The molecule has 0 spiro atoms. The van der Waals surface area contributed by atoms with Gasteiger partial charge in [-0.1, -0.05) is 29.5 Å². The second-order valence-electron chi connectivity index (χ2n) is 8.56. The van der Waals surface area contributed by atoms with E-state index >= 15 is 0 Å². The van der Waals surface area contributed by atoms with Gasteiger partial charge < -0.3 is 19.0 Å². The Morgan fingerprint density at radius 2 is 1.69 bits per heavy atom. The monoisotopic (exact) mass is 544 g/mol. The number of hydrogen-bond acceptors (Lipinski definition) is 7. The van der Waals surface area contributed by atoms with E-state index in [9.17, 15) is 13.2 Å². The summed E-state index contributed by atoms with van der Waals surface area (Å²) in [4.78, 5) is 4.31. The largest absolute Gasteiger partial charge is 0.487 e. The van der Waals surface area contributed by atoms with Crippen molar-refractivity contribution in [3.63, 3.8) is 0 Å². The number of methoxy groups -OCH3 is 1. The van der Waals surface area contributed by atoms with Crippen molar-refractivity contribution in [2.45, 2.75) is 45.2 Å². The molecule has 0 aliphatic heterocycles. The Morgan fingerprint density at radius 1 is 0.974 bits per heavy atom. The number of alkyl halides is 3. The average Bonchev–Trinajstić information content (AvgIpc) is 3.59. The number of ether oxygens (including phenoxy) is 2. The van der Waals surface area contributed by atoms with Crippen LogP contribution in [0.3, 0.4) is 0 Å². The van der Waals surface area contributed by atoms with Gasteiger partial charge in [-0.25, -0.2) is 4.98 Å². The summed E-state index contributed by atoms with van der Waals surface area (Å²) in [7, 11) is 3.25. The van der Waals surface area contributed by atoms with Gasteiger partial charge in [-0.3, -0.25) is 4.68 Å². The highest BCUT2D eigenvalue weighted by molar-refractivity contribution is 5.66. The van der Waals surface area contributed by atoms with Crippen LogP contribution in [-0.2, 0) is 37.1 Å². The molecule has 0 amide bonds. The van der Waals surface area contributed by atoms with E-state index in [-0.39, 0.29) is 13.2 Å². The first kappa shape index (κ1) is 29.6. The van der Waals surface area contributed by atoms with Gasteiger partial charge in [0, 0.05) is 26.8 Å². The maximum absolute atomic E-state index is 12.6. The van der Waals surface area contributed by atoms with Gasteiger partial charge in [0.1, 0.15) is 30.0 Å². The summed E-state index contributed by atoms with van der Waals surface area (Å²) >= 11 is 0. The minimum atomic E-state index is -4.36. The standard InChI is InChI=1S/C26H25F3N4O3.C2H6O/c27-26(28,29)21-9-4-20(5-10-21)8-13-25-30-23(18-36-25)17-35-24-11-6-19(7-12-24)3-1-2-14-33-15-22(16-34)31-32-33;1-3-2/h4-13,15,18,34H,1-3,14,16-17H2;1-2H3/b13-8+;. The number of rotatable bonds is 11. The third-order valence-corrected chi connectivity index (χ3v) is 5.39. The predicted octanol–water partition coefficient (Wildman–Crippen LogP) is 5.81. The van der Waals surface area contributed by atoms with E-state index in [1.807, 2.05) is 24.3 Å². The Morgan fingerprint density at radius 3 is 2.33 bits per heavy atom. The summed E-state index contributed by atoms with van der Waals surface area (Å²) in [5.74, 6) is 1.05. The first-order chi connectivity index (χ1) is 18.8. The number of halogens is 3. The van der Waals surface area contributed by atoms with Crippen LogP contribution in [0, 0.1) is 0 Å². The molecule has 0 unspecified atom stereocenters. The Bertz CT molecular complexity index is 1280. The van der Waals surface area contributed by atoms with Gasteiger partial charge in [-0.2, -0.15) is 13.2 Å². The van der Waals surface area contributed by atoms with Gasteiger partial charge in [-0.15, -0.1) is 5.10 Å². The van der Waals surface area contributed by atoms with Crippen LogP contribution in [0.5, 0.6) is 5.75 Å². The van der Waals surface area contributed by atoms with Crippen molar-refractivity contribution in [1.82, 2.24) is 20.0 Å². The zero-order valence-electron chi connectivity index (χ0n) is 21.8. The lowest BCUT2D eigenvalue weighted by Crippen LogP contribution is -2.03. The molecule has 0 radical (unpaired) electrons. The first-order valence-corrected chi connectivity index (χ1v) is 12.2. The number of aliphatic hydroxyl groups is 1. The SMILES string of the molecule is COC.OCc1cn(CCCCc2ccc(OCc3coc(/C=C/c4ccc(C(F)(F)F)cc4)n3)cc2)nn1. The van der Waals surface area contributed by atoms with Crippen LogP contribution in [0.1, 0.15) is 46.8 Å². The van der Waals surface area contributed by atoms with Gasteiger partial charge in [0.25, 0.3) is 0 Å². The van der Waals surface area contributed by atoms with Crippen molar-refractivity contribution >= 4 is 12.2 Å². The highest BCUT2D eigenvalue weighted by atomic mass is 19.4. The number of aliphatic hydroxyl groups excluding tert-OH is 1. The fraction of sp³-hybridized carbons (Fsp3) is 0.321. The molecule has 4 aromatic rings. The molecule has 208 valence electrons. The van der Waals surface area contributed by atoms with Crippen molar-refractivity contribution in [2.75, 3.05) is 14.2 Å². The molecule has 11 heteroatoms. The van der Waals surface area contributed by atoms with Crippen molar-refractivity contribution in [2.24, 2.45) is 0 Å². The second-order valence-corrected chi connectivity index (χ2v) is 8.56. The fourth-order valence-electron chi connectivity index (χ4n) is 3.45. The summed E-state index contributed by atoms with van der Waals surface area (Å²) in [6, 6.07) is 12.7. The highest BCUT2D eigenvalue weighted by Crippen LogP contribution is 2.29. The summed E-state index contributed by atoms with van der Waals surface area (Å²) in [5.41, 5.74) is 2.29. The molecule has 2 aromatic heterocycles. The molecule has 8 nitrogen and oxygen atoms in total. The van der Waals surface area contributed by atoms with E-state index in [1.54, 1.807) is 37.3 Å². The number of unbranched alkanes of at least 4 members (excludes halogenated alkanes) is 1. The average molecular weight is 545 g/mol. The van der Waals surface area contributed by atoms with Crippen LogP contribution in [0.25, 0.3) is 12.2 Å². The van der Waals surface area contributed by atoms with E-state index in [1.165, 1.54) is 24.0 Å². The Hall–Kier alpha value is -3.96. The molecule has 0 atom stereocenters. The molecule has 1 N–H and O–H groups in total. The molecule has 0 aliphatic rings. The highest BCUT2D eigenvalue weighted by Gasteiger charge is 2.29. The topological polar surface area (TPSA) is 95.4 Å². The van der Waals surface area contributed by atoms with Crippen LogP contribution < -0.4 is 4.74 Å². The molecule has 0 saturated carbocycles. The zero-order valence-corrected chi connectivity index (χ0v) is 21.8. The predicted molar refractivity (Wildman–Crippen MR) is 139 cm³/mol. The van der Waals surface area contributed by atoms with Gasteiger partial charge in [-0.05, 0) is 60.7 Å². The Labute approximate surface area is 224 Å². The van der Waals surface area contributed by atoms with Crippen LogP contribution in [0.15, 0.2) is 65.4 Å². The van der Waals surface area contributed by atoms with E-state index in [0.29, 0.717) is 28.6 Å². The summed E-state index contributed by atoms with van der Waals surface area (Å²) in [5, 5.41) is 16.8. The number of nitrogens with zero attached hydrogens (tertiary/aromatic N) is 4. The molecule has 39 heavy (non-hydrogen) atoms. The minimum Gasteiger partial charge on any atom is -0.487 e. The molecule has 4 rings (SSSR count). The van der Waals surface area contributed by atoms with E-state index in [0.717, 1.165) is 37.9 Å². The number of hydrogen-bond donors (Lipinski definition) is 1. The van der Waals surface area contributed by atoms with Gasteiger partial charge in [0.2, 0.25) is 5.89 Å². The van der Waals surface area contributed by atoms with Crippen molar-refractivity contribution in [3.8, 4) is 5.75 Å². The quantitative estimate of drug-likeness (QED) is 0.238. The van der Waals surface area contributed by atoms with Gasteiger partial charge in [0.05, 0.1) is 18.4 Å². The first-order valence-electron chi connectivity index (χ1n) is 12.2. The zero-order chi connectivity index (χ0) is 28.1. The number of oxazole rings is 1. The molecule has 0 fully saturated rings. The van der Waals surface area contributed by atoms with E-state index < -0.39 is 11.7 Å². The smallest absolute Gasteiger partial charge is 0.416 e. The molecule has 0 bridgehead atoms. The van der Waals surface area contributed by atoms with Crippen molar-refractivity contribution in [1.29, 1.82) is 0 Å². The third kappa shape index (κ3) is 10.0. The summed E-state index contributed by atoms with van der Waals surface area (Å²) < 4.78 is 55.1. The van der Waals surface area contributed by atoms with E-state index in [4.69, 9.17) is 14.3 Å². The maximum Gasteiger partial charge on any atom is 0.416 e. The lowest BCUT2D eigenvalue weighted by molar-refractivity contribution is -0.137. The van der Waals surface area contributed by atoms with Crippen molar-refractivity contribution < 1.29 is 32.2 Å². The second kappa shape index (κ2) is 14.8. The Balaban J connectivity index is 0.00000134. The molecule has 0 saturated heterocycles. The lowest BCUT2D eigenvalue weighted by atomic mass is 10.1.